The number of aromatic nitrogens is 1. The summed E-state index contributed by atoms with van der Waals surface area (Å²) in [6.45, 7) is 0. The summed E-state index contributed by atoms with van der Waals surface area (Å²) in [6.07, 6.45) is 1.84. The Bertz CT molecular complexity index is 385. The molecule has 1 aromatic carbocycles. The maximum absolute atomic E-state index is 5.78. The molecule has 2 nitrogen and oxygen atoms in total. The van der Waals surface area contributed by atoms with E-state index < -0.39 is 0 Å². The van der Waals surface area contributed by atoms with E-state index in [9.17, 15) is 0 Å². The van der Waals surface area contributed by atoms with Crippen molar-refractivity contribution in [2.75, 3.05) is 5.73 Å². The van der Waals surface area contributed by atoms with Crippen LogP contribution in [0.1, 0.15) is 0 Å². The van der Waals surface area contributed by atoms with Gasteiger partial charge in [0, 0.05) is 6.07 Å². The van der Waals surface area contributed by atoms with Crippen LogP contribution in [0.25, 0.3) is 10.9 Å². The Morgan fingerprint density at radius 3 is 2.83 bits per heavy atom. The van der Waals surface area contributed by atoms with Crippen LogP contribution in [0.15, 0.2) is 34.9 Å². The summed E-state index contributed by atoms with van der Waals surface area (Å²) in [5, 5.41) is 1.05. The smallest absolute Gasteiger partial charge is 0.227 e. The first-order valence-corrected chi connectivity index (χ1v) is 4.43. The van der Waals surface area contributed by atoms with Crippen molar-refractivity contribution < 1.29 is 4.98 Å². The van der Waals surface area contributed by atoms with Crippen LogP contribution in [0, 0.1) is 0 Å². The molecule has 0 atom stereocenters. The first kappa shape index (κ1) is 7.55. The highest BCUT2D eigenvalue weighted by molar-refractivity contribution is 9.10. The average Bonchev–Trinajstić information content (AvgIpc) is 2.07. The van der Waals surface area contributed by atoms with Gasteiger partial charge in [-0.2, -0.15) is 0 Å². The summed E-state index contributed by atoms with van der Waals surface area (Å²) in [5.74, 6) is 0. The van der Waals surface area contributed by atoms with Crippen molar-refractivity contribution in [1.29, 1.82) is 0 Å². The molecule has 0 amide bonds. The topological polar surface area (TPSA) is 40.2 Å². The Kier molecular flexibility index (Phi) is 1.73. The first-order valence-electron chi connectivity index (χ1n) is 3.63. The van der Waals surface area contributed by atoms with Crippen LogP contribution in [0.4, 0.5) is 5.69 Å². The molecule has 3 heteroatoms. The van der Waals surface area contributed by atoms with Gasteiger partial charge >= 0.3 is 0 Å². The number of rotatable bonds is 0. The molecule has 0 radical (unpaired) electrons. The van der Waals surface area contributed by atoms with E-state index in [1.54, 1.807) is 0 Å². The zero-order valence-corrected chi connectivity index (χ0v) is 7.93. The van der Waals surface area contributed by atoms with Crippen molar-refractivity contribution >= 4 is 32.5 Å². The van der Waals surface area contributed by atoms with Crippen LogP contribution in [-0.2, 0) is 0 Å². The van der Waals surface area contributed by atoms with Gasteiger partial charge in [0.05, 0.1) is 15.5 Å². The molecule has 60 valence electrons. The predicted octanol–water partition coefficient (Wildman–Crippen LogP) is 2.00. The number of nitrogens with two attached hydrogens (primary N) is 1. The lowest BCUT2D eigenvalue weighted by atomic mass is 10.2. The molecule has 0 aliphatic carbocycles. The third kappa shape index (κ3) is 1.06. The number of pyridine rings is 1. The van der Waals surface area contributed by atoms with Crippen molar-refractivity contribution in [2.24, 2.45) is 0 Å². The molecule has 0 bridgehead atoms. The second-order valence-corrected chi connectivity index (χ2v) is 3.45. The summed E-state index contributed by atoms with van der Waals surface area (Å²) in [5.41, 5.74) is 7.62. The Morgan fingerprint density at radius 2 is 2.08 bits per heavy atom. The van der Waals surface area contributed by atoms with E-state index in [0.717, 1.165) is 21.1 Å². The number of benzene rings is 1. The zero-order chi connectivity index (χ0) is 8.55. The van der Waals surface area contributed by atoms with Gasteiger partial charge in [0.25, 0.3) is 0 Å². The zero-order valence-electron chi connectivity index (χ0n) is 6.34. The molecule has 0 fully saturated rings. The number of nitrogen functional groups attached to an aromatic ring is 1. The molecular formula is C9H8BrN2+. The SMILES string of the molecule is Nc1cc[nH+]c2c(Br)cccc12. The maximum atomic E-state index is 5.78. The molecule has 0 saturated carbocycles. The lowest BCUT2D eigenvalue weighted by molar-refractivity contribution is -0.345. The average molecular weight is 224 g/mol. The van der Waals surface area contributed by atoms with Crippen molar-refractivity contribution in [2.45, 2.75) is 0 Å². The number of anilines is 1. The standard InChI is InChI=1S/C9H7BrN2/c10-7-3-1-2-6-8(11)4-5-12-9(6)7/h1-5H,(H2,11,12)/p+1. The van der Waals surface area contributed by atoms with Gasteiger partial charge in [0.2, 0.25) is 5.52 Å². The minimum atomic E-state index is 0.796. The number of aromatic amines is 1. The molecule has 2 rings (SSSR count). The van der Waals surface area contributed by atoms with Gasteiger partial charge in [-0.1, -0.05) is 6.07 Å². The number of para-hydroxylation sites is 1. The molecule has 1 aromatic heterocycles. The maximum Gasteiger partial charge on any atom is 0.227 e. The third-order valence-corrected chi connectivity index (χ3v) is 2.48. The minimum Gasteiger partial charge on any atom is -0.398 e. The Hall–Kier alpha value is -1.09. The van der Waals surface area contributed by atoms with Gasteiger partial charge in [-0.3, -0.25) is 0 Å². The number of halogens is 1. The van der Waals surface area contributed by atoms with Crippen LogP contribution < -0.4 is 10.7 Å². The first-order chi connectivity index (χ1) is 5.79. The number of hydrogen-bond acceptors (Lipinski definition) is 1. The summed E-state index contributed by atoms with van der Waals surface area (Å²) in [4.78, 5) is 3.13. The lowest BCUT2D eigenvalue weighted by Crippen LogP contribution is -2.04. The van der Waals surface area contributed by atoms with Crippen LogP contribution >= 0.6 is 15.9 Å². The van der Waals surface area contributed by atoms with Gasteiger partial charge in [-0.05, 0) is 28.1 Å². The Labute approximate surface area is 78.5 Å². The highest BCUT2D eigenvalue weighted by atomic mass is 79.9. The molecule has 1 heterocycles. The molecule has 0 spiro atoms. The van der Waals surface area contributed by atoms with E-state index >= 15 is 0 Å². The van der Waals surface area contributed by atoms with E-state index in [0.29, 0.717) is 0 Å². The van der Waals surface area contributed by atoms with Gasteiger partial charge in [-0.15, -0.1) is 0 Å². The van der Waals surface area contributed by atoms with Crippen LogP contribution in [0.2, 0.25) is 0 Å². The Morgan fingerprint density at radius 1 is 1.25 bits per heavy atom. The normalized spacial score (nSPS) is 10.4. The molecular weight excluding hydrogens is 216 g/mol. The fraction of sp³-hybridized carbons (Fsp3) is 0. The van der Waals surface area contributed by atoms with Gasteiger partial charge in [0.15, 0.2) is 6.20 Å². The minimum absolute atomic E-state index is 0.796. The van der Waals surface area contributed by atoms with E-state index in [4.69, 9.17) is 5.73 Å². The van der Waals surface area contributed by atoms with Crippen molar-refractivity contribution in [3.63, 3.8) is 0 Å². The van der Waals surface area contributed by atoms with Crippen LogP contribution in [0.5, 0.6) is 0 Å². The summed E-state index contributed by atoms with van der Waals surface area (Å²) in [7, 11) is 0. The summed E-state index contributed by atoms with van der Waals surface area (Å²) >= 11 is 3.44. The molecule has 3 N–H and O–H groups in total. The fourth-order valence-corrected chi connectivity index (χ4v) is 1.70. The summed E-state index contributed by atoms with van der Waals surface area (Å²) in [6, 6.07) is 7.80. The number of hydrogen-bond donors (Lipinski definition) is 1. The molecule has 0 unspecified atom stereocenters. The van der Waals surface area contributed by atoms with E-state index in [1.807, 2.05) is 30.5 Å². The molecule has 0 saturated heterocycles. The van der Waals surface area contributed by atoms with Gasteiger partial charge in [0.1, 0.15) is 0 Å². The fourth-order valence-electron chi connectivity index (χ4n) is 1.22. The molecule has 2 aromatic rings. The largest absolute Gasteiger partial charge is 0.398 e. The van der Waals surface area contributed by atoms with Crippen molar-refractivity contribution in [3.05, 3.63) is 34.9 Å². The van der Waals surface area contributed by atoms with Crippen LogP contribution in [-0.4, -0.2) is 0 Å². The van der Waals surface area contributed by atoms with Gasteiger partial charge in [-0.25, -0.2) is 4.98 Å². The van der Waals surface area contributed by atoms with E-state index in [2.05, 4.69) is 20.9 Å². The highest BCUT2D eigenvalue weighted by Gasteiger charge is 2.05. The molecule has 0 aliphatic rings. The predicted molar refractivity (Wildman–Crippen MR) is 52.6 cm³/mol. The second kappa shape index (κ2) is 2.75. The number of fused-ring (bicyclic) bond motifs is 1. The molecule has 12 heavy (non-hydrogen) atoms. The van der Waals surface area contributed by atoms with E-state index in [1.165, 1.54) is 0 Å². The quantitative estimate of drug-likeness (QED) is 0.730. The Balaban J connectivity index is 2.94. The summed E-state index contributed by atoms with van der Waals surface area (Å²) < 4.78 is 1.03. The second-order valence-electron chi connectivity index (χ2n) is 2.60. The number of H-pyrrole nitrogens is 1. The molecule has 0 aliphatic heterocycles. The van der Waals surface area contributed by atoms with E-state index in [-0.39, 0.29) is 0 Å². The third-order valence-electron chi connectivity index (χ3n) is 1.82. The highest BCUT2D eigenvalue weighted by Crippen LogP contribution is 2.22. The van der Waals surface area contributed by atoms with Crippen molar-refractivity contribution in [1.82, 2.24) is 0 Å². The van der Waals surface area contributed by atoms with Gasteiger partial charge < -0.3 is 5.73 Å². The van der Waals surface area contributed by atoms with Crippen LogP contribution in [0.3, 0.4) is 0 Å². The number of nitrogens with one attached hydrogen (secondary N) is 1. The van der Waals surface area contributed by atoms with Crippen molar-refractivity contribution in [3.8, 4) is 0 Å². The monoisotopic (exact) mass is 223 g/mol. The lowest BCUT2D eigenvalue weighted by Gasteiger charge is -1.96.